The molecule has 0 spiro atoms. The summed E-state index contributed by atoms with van der Waals surface area (Å²) in [7, 11) is -2.95. The van der Waals surface area contributed by atoms with Crippen molar-refractivity contribution in [3.63, 3.8) is 0 Å². The van der Waals surface area contributed by atoms with Crippen molar-refractivity contribution >= 4 is 45.4 Å². The van der Waals surface area contributed by atoms with E-state index in [0.29, 0.717) is 23.2 Å². The minimum atomic E-state index is -4.20. The first kappa shape index (κ1) is 28.6. The van der Waals surface area contributed by atoms with E-state index in [4.69, 9.17) is 16.3 Å². The normalized spacial score (nSPS) is 15.8. The summed E-state index contributed by atoms with van der Waals surface area (Å²) in [5.74, 6) is -2.67. The summed E-state index contributed by atoms with van der Waals surface area (Å²) in [6, 6.07) is 12.9. The number of carboxylic acid groups (broad SMARTS) is 1. The van der Waals surface area contributed by atoms with Gasteiger partial charge in [0, 0.05) is 18.2 Å². The first-order valence-electron chi connectivity index (χ1n) is 12.2. The lowest BCUT2D eigenvalue weighted by Crippen LogP contribution is -2.42. The smallest absolute Gasteiger partial charge is 0.309 e. The van der Waals surface area contributed by atoms with Gasteiger partial charge in [0.1, 0.15) is 5.82 Å². The highest BCUT2D eigenvalue weighted by atomic mass is 35.5. The fraction of sp³-hybridized carbons (Fsp3) is 0.276. The third-order valence-corrected chi connectivity index (χ3v) is 8.95. The van der Waals surface area contributed by atoms with Gasteiger partial charge in [0.25, 0.3) is 10.0 Å². The number of hydrogen-bond donors (Lipinski definition) is 1. The van der Waals surface area contributed by atoms with Gasteiger partial charge in [-0.25, -0.2) is 17.2 Å². The van der Waals surface area contributed by atoms with E-state index in [0.717, 1.165) is 12.1 Å². The number of hydrogen-bond acceptors (Lipinski definition) is 4. The van der Waals surface area contributed by atoms with Crippen LogP contribution in [0.2, 0.25) is 5.02 Å². The molecule has 0 bridgehead atoms. The predicted octanol–water partition coefficient (Wildman–Crippen LogP) is 6.67. The molecule has 206 valence electrons. The lowest BCUT2D eigenvalue weighted by atomic mass is 9.79. The number of sulfonamides is 1. The SMILES string of the molecule is COc1cc(S(=O)(=O)N2C[C@H](CC(C)(C)C(=O)O)Cc3ccc(C=Cc4c(F)cccc4Cl)cc32)ccc1F. The number of aliphatic carboxylic acids is 1. The highest BCUT2D eigenvalue weighted by Gasteiger charge is 2.38. The predicted molar refractivity (Wildman–Crippen MR) is 147 cm³/mol. The van der Waals surface area contributed by atoms with Gasteiger partial charge in [-0.2, -0.15) is 0 Å². The van der Waals surface area contributed by atoms with Crippen LogP contribution >= 0.6 is 11.6 Å². The van der Waals surface area contributed by atoms with Gasteiger partial charge in [-0.05, 0) is 80.1 Å². The summed E-state index contributed by atoms with van der Waals surface area (Å²) in [4.78, 5) is 11.6. The van der Waals surface area contributed by atoms with Crippen molar-refractivity contribution in [1.29, 1.82) is 0 Å². The number of ether oxygens (including phenoxy) is 1. The molecule has 0 amide bonds. The number of fused-ring (bicyclic) bond motifs is 1. The fourth-order valence-corrected chi connectivity index (χ4v) is 6.56. The largest absolute Gasteiger partial charge is 0.494 e. The van der Waals surface area contributed by atoms with Gasteiger partial charge in [-0.1, -0.05) is 35.9 Å². The summed E-state index contributed by atoms with van der Waals surface area (Å²) in [5, 5.41) is 9.90. The quantitative estimate of drug-likeness (QED) is 0.303. The first-order valence-corrected chi connectivity index (χ1v) is 14.0. The summed E-state index contributed by atoms with van der Waals surface area (Å²) < 4.78 is 62.3. The Morgan fingerprint density at radius 3 is 2.54 bits per heavy atom. The van der Waals surface area contributed by atoms with E-state index < -0.39 is 33.0 Å². The topological polar surface area (TPSA) is 83.9 Å². The van der Waals surface area contributed by atoms with Crippen molar-refractivity contribution in [1.82, 2.24) is 0 Å². The summed E-state index contributed by atoms with van der Waals surface area (Å²) in [5.41, 5.74) is 0.860. The lowest BCUT2D eigenvalue weighted by molar-refractivity contribution is -0.147. The van der Waals surface area contributed by atoms with Crippen LogP contribution in [-0.4, -0.2) is 33.1 Å². The number of anilines is 1. The van der Waals surface area contributed by atoms with E-state index >= 15 is 0 Å². The molecular formula is C29H28ClF2NO5S. The van der Waals surface area contributed by atoms with E-state index in [1.807, 2.05) is 0 Å². The van der Waals surface area contributed by atoms with E-state index in [1.54, 1.807) is 44.2 Å². The molecule has 0 aromatic heterocycles. The zero-order valence-electron chi connectivity index (χ0n) is 21.6. The van der Waals surface area contributed by atoms with Crippen LogP contribution < -0.4 is 9.04 Å². The molecule has 0 saturated carbocycles. The monoisotopic (exact) mass is 575 g/mol. The number of halogens is 3. The van der Waals surface area contributed by atoms with Crippen molar-refractivity contribution in [2.45, 2.75) is 31.6 Å². The van der Waals surface area contributed by atoms with Gasteiger partial charge < -0.3 is 9.84 Å². The van der Waals surface area contributed by atoms with Gasteiger partial charge in [0.15, 0.2) is 11.6 Å². The van der Waals surface area contributed by atoms with Crippen molar-refractivity contribution in [3.05, 3.63) is 87.9 Å². The molecule has 4 rings (SSSR count). The molecule has 0 unspecified atom stereocenters. The molecule has 10 heteroatoms. The van der Waals surface area contributed by atoms with Gasteiger partial charge in [-0.3, -0.25) is 9.10 Å². The Hall–Kier alpha value is -3.43. The molecule has 0 saturated heterocycles. The van der Waals surface area contributed by atoms with Gasteiger partial charge in [-0.15, -0.1) is 0 Å². The van der Waals surface area contributed by atoms with Crippen LogP contribution in [0, 0.1) is 23.0 Å². The number of methoxy groups -OCH3 is 1. The molecule has 1 N–H and O–H groups in total. The Morgan fingerprint density at radius 2 is 1.87 bits per heavy atom. The Balaban J connectivity index is 1.79. The third-order valence-electron chi connectivity index (χ3n) is 6.84. The highest BCUT2D eigenvalue weighted by molar-refractivity contribution is 7.92. The van der Waals surface area contributed by atoms with Crippen LogP contribution in [0.5, 0.6) is 5.75 Å². The van der Waals surface area contributed by atoms with Crippen LogP contribution in [0.1, 0.15) is 37.0 Å². The fourth-order valence-electron chi connectivity index (χ4n) is 4.75. The van der Waals surface area contributed by atoms with E-state index in [2.05, 4.69) is 0 Å². The van der Waals surface area contributed by atoms with Crippen molar-refractivity contribution in [2.24, 2.45) is 11.3 Å². The Bertz CT molecular complexity index is 1530. The van der Waals surface area contributed by atoms with Gasteiger partial charge in [0.05, 0.1) is 28.1 Å². The van der Waals surface area contributed by atoms with Gasteiger partial charge in [0.2, 0.25) is 0 Å². The maximum Gasteiger partial charge on any atom is 0.309 e. The van der Waals surface area contributed by atoms with Crippen molar-refractivity contribution in [3.8, 4) is 5.75 Å². The molecule has 0 radical (unpaired) electrons. The second-order valence-corrected chi connectivity index (χ2v) is 12.4. The van der Waals surface area contributed by atoms with E-state index in [9.17, 15) is 27.1 Å². The number of nitrogens with zero attached hydrogens (tertiary/aromatic N) is 1. The minimum absolute atomic E-state index is 0.0258. The molecule has 1 atom stereocenters. The van der Waals surface area contributed by atoms with E-state index in [1.165, 1.54) is 35.7 Å². The maximum absolute atomic E-state index is 14.3. The summed E-state index contributed by atoms with van der Waals surface area (Å²) in [6.07, 6.45) is 3.86. The minimum Gasteiger partial charge on any atom is -0.494 e. The number of rotatable bonds is 8. The number of carbonyl (C=O) groups is 1. The highest BCUT2D eigenvalue weighted by Crippen LogP contribution is 2.40. The van der Waals surface area contributed by atoms with E-state index in [-0.39, 0.29) is 40.1 Å². The summed E-state index contributed by atoms with van der Waals surface area (Å²) >= 11 is 6.13. The van der Waals surface area contributed by atoms with Crippen molar-refractivity contribution in [2.75, 3.05) is 18.0 Å². The Kier molecular flexibility index (Phi) is 8.04. The standard InChI is InChI=1S/C29H28ClF2NO5S/c1-29(2,28(34)35)16-19-13-20-9-7-18(8-11-22-23(30)5-4-6-24(22)31)14-26(20)33(17-19)39(36,37)21-10-12-25(32)27(15-21)38-3/h4-12,14-15,19H,13,16-17H2,1-3H3,(H,34,35)/t19-/m0/s1. The van der Waals surface area contributed by atoms with Crippen LogP contribution in [0.3, 0.4) is 0 Å². The molecule has 39 heavy (non-hydrogen) atoms. The molecule has 3 aromatic rings. The molecule has 3 aromatic carbocycles. The zero-order chi connectivity index (χ0) is 28.5. The van der Waals surface area contributed by atoms with Crippen LogP contribution in [-0.2, 0) is 21.2 Å². The van der Waals surface area contributed by atoms with Crippen LogP contribution in [0.15, 0.2) is 59.5 Å². The average Bonchev–Trinajstić information content (AvgIpc) is 2.87. The Labute approximate surface area is 231 Å². The lowest BCUT2D eigenvalue weighted by Gasteiger charge is -2.37. The number of benzene rings is 3. The second-order valence-electron chi connectivity index (χ2n) is 10.2. The molecule has 1 heterocycles. The zero-order valence-corrected chi connectivity index (χ0v) is 23.2. The van der Waals surface area contributed by atoms with Crippen LogP contribution in [0.4, 0.5) is 14.5 Å². The molecule has 0 aliphatic carbocycles. The molecular weight excluding hydrogens is 548 g/mol. The first-order chi connectivity index (χ1) is 18.3. The van der Waals surface area contributed by atoms with Gasteiger partial charge >= 0.3 is 5.97 Å². The molecule has 0 fully saturated rings. The molecule has 1 aliphatic heterocycles. The molecule has 1 aliphatic rings. The maximum atomic E-state index is 14.3. The third kappa shape index (κ3) is 5.94. The number of carboxylic acids is 1. The Morgan fingerprint density at radius 1 is 1.13 bits per heavy atom. The van der Waals surface area contributed by atoms with Crippen molar-refractivity contribution < 1.29 is 31.8 Å². The second kappa shape index (κ2) is 11.0. The average molecular weight is 576 g/mol. The molecule has 6 nitrogen and oxygen atoms in total. The van der Waals surface area contributed by atoms with Crippen LogP contribution in [0.25, 0.3) is 12.2 Å². The summed E-state index contributed by atoms with van der Waals surface area (Å²) in [6.45, 7) is 3.24.